The van der Waals surface area contributed by atoms with Gasteiger partial charge in [0.05, 0.1) is 61.5 Å². The van der Waals surface area contributed by atoms with E-state index in [4.69, 9.17) is 14.2 Å². The monoisotopic (exact) mass is 799 g/mol. The zero-order valence-corrected chi connectivity index (χ0v) is 36.3. The van der Waals surface area contributed by atoms with Crippen LogP contribution in [0.3, 0.4) is 0 Å². The number of benzene rings is 1. The number of hydrogen-bond donors (Lipinski definition) is 4. The zero-order valence-electron chi connectivity index (χ0n) is 36.3. The minimum absolute atomic E-state index is 0.0209. The van der Waals surface area contributed by atoms with Gasteiger partial charge in [-0.2, -0.15) is 15.4 Å². The molecule has 1 saturated heterocycles. The van der Waals surface area contributed by atoms with Gasteiger partial charge in [-0.25, -0.2) is 0 Å². The first kappa shape index (κ1) is 47.5. The van der Waals surface area contributed by atoms with Gasteiger partial charge in [-0.05, 0) is 50.1 Å². The number of hydrogen-bond acceptors (Lipinski definition) is 10. The Kier molecular flexibility index (Phi) is 19.0. The van der Waals surface area contributed by atoms with Gasteiger partial charge in [0.25, 0.3) is 0 Å². The quantitative estimate of drug-likeness (QED) is 0.129. The van der Waals surface area contributed by atoms with Crippen molar-refractivity contribution in [3.63, 3.8) is 0 Å². The third-order valence-corrected chi connectivity index (χ3v) is 11.6. The van der Waals surface area contributed by atoms with E-state index in [1.165, 1.54) is 0 Å². The van der Waals surface area contributed by atoms with E-state index in [1.54, 1.807) is 39.4 Å². The fourth-order valence-electron chi connectivity index (χ4n) is 8.12. The molecule has 1 aromatic heterocycles. The van der Waals surface area contributed by atoms with Crippen molar-refractivity contribution in [2.24, 2.45) is 23.7 Å². The Morgan fingerprint density at radius 3 is 2.16 bits per heavy atom. The smallest absolute Gasteiger partial charge is 0.245 e. The van der Waals surface area contributed by atoms with Gasteiger partial charge in [0.15, 0.2) is 0 Å². The molecule has 320 valence electrons. The molecule has 4 N–H and O–H groups in total. The molecule has 15 heteroatoms. The van der Waals surface area contributed by atoms with E-state index in [-0.39, 0.29) is 60.5 Å². The molecule has 0 aliphatic carbocycles. The molecule has 2 heterocycles. The number of H-pyrrole nitrogens is 1. The Bertz CT molecular complexity index is 1530. The topological polar surface area (TPSA) is 180 Å². The molecule has 2 aromatic rings. The molecule has 0 saturated carbocycles. The van der Waals surface area contributed by atoms with Crippen molar-refractivity contribution in [3.8, 4) is 0 Å². The lowest BCUT2D eigenvalue weighted by Gasteiger charge is -2.41. The normalized spacial score (nSPS) is 19.3. The Morgan fingerprint density at radius 2 is 1.61 bits per heavy atom. The van der Waals surface area contributed by atoms with Gasteiger partial charge in [-0.15, -0.1) is 0 Å². The number of aromatic nitrogens is 3. The number of carbonyl (C=O) groups is 4. The first-order chi connectivity index (χ1) is 27.1. The molecule has 15 nitrogen and oxygen atoms in total. The van der Waals surface area contributed by atoms with Gasteiger partial charge in [-0.3, -0.25) is 19.2 Å². The summed E-state index contributed by atoms with van der Waals surface area (Å²) < 4.78 is 18.3. The predicted molar refractivity (Wildman–Crippen MR) is 219 cm³/mol. The highest BCUT2D eigenvalue weighted by molar-refractivity contribution is 5.90. The fourth-order valence-corrected chi connectivity index (χ4v) is 8.12. The molecule has 1 fully saturated rings. The molecule has 4 amide bonds. The van der Waals surface area contributed by atoms with Crippen LogP contribution in [0.1, 0.15) is 98.4 Å². The van der Waals surface area contributed by atoms with Gasteiger partial charge in [0, 0.05) is 27.8 Å². The molecular formula is C42H70N8O7. The lowest BCUT2D eigenvalue weighted by Crippen LogP contribution is -2.59. The number of aromatic amines is 1. The summed E-state index contributed by atoms with van der Waals surface area (Å²) >= 11 is 0. The maximum Gasteiger partial charge on any atom is 0.245 e. The highest BCUT2D eigenvalue weighted by atomic mass is 16.5. The lowest BCUT2D eigenvalue weighted by molar-refractivity contribution is -0.148. The summed E-state index contributed by atoms with van der Waals surface area (Å²) in [7, 11) is 6.61. The summed E-state index contributed by atoms with van der Waals surface area (Å²) in [6.07, 6.45) is 2.15. The van der Waals surface area contributed by atoms with Crippen LogP contribution in [0.15, 0.2) is 36.5 Å². The number of carbonyl (C=O) groups excluding carboxylic acids is 4. The molecule has 0 spiro atoms. The molecule has 1 aliphatic rings. The molecule has 57 heavy (non-hydrogen) atoms. The highest BCUT2D eigenvalue weighted by Crippen LogP contribution is 2.30. The van der Waals surface area contributed by atoms with E-state index in [2.05, 4.69) is 31.4 Å². The van der Waals surface area contributed by atoms with Crippen molar-refractivity contribution in [3.05, 3.63) is 47.8 Å². The minimum Gasteiger partial charge on any atom is -0.379 e. The van der Waals surface area contributed by atoms with Crippen molar-refractivity contribution < 1.29 is 33.4 Å². The van der Waals surface area contributed by atoms with E-state index in [0.717, 1.165) is 18.4 Å². The van der Waals surface area contributed by atoms with E-state index in [1.807, 2.05) is 90.6 Å². The van der Waals surface area contributed by atoms with E-state index >= 15 is 0 Å². The summed E-state index contributed by atoms with van der Waals surface area (Å²) in [5, 5.41) is 19.7. The minimum atomic E-state index is -0.763. The number of nitrogens with zero attached hydrogens (tertiary/aromatic N) is 4. The summed E-state index contributed by atoms with van der Waals surface area (Å²) in [6, 6.07) is 7.29. The molecule has 0 unspecified atom stereocenters. The zero-order chi connectivity index (χ0) is 42.4. The van der Waals surface area contributed by atoms with Crippen LogP contribution in [0.4, 0.5) is 0 Å². The van der Waals surface area contributed by atoms with Gasteiger partial charge < -0.3 is 40.0 Å². The number of ether oxygens (including phenoxy) is 3. The third-order valence-electron chi connectivity index (χ3n) is 11.6. The summed E-state index contributed by atoms with van der Waals surface area (Å²) in [4.78, 5) is 59.1. The van der Waals surface area contributed by atoms with Gasteiger partial charge in [0.1, 0.15) is 17.8 Å². The average Bonchev–Trinajstić information content (AvgIpc) is 3.90. The van der Waals surface area contributed by atoms with E-state index in [0.29, 0.717) is 18.7 Å². The Hall–Kier alpha value is -3.92. The second-order valence-electron chi connectivity index (χ2n) is 16.2. The van der Waals surface area contributed by atoms with Gasteiger partial charge in [-0.1, -0.05) is 85.2 Å². The van der Waals surface area contributed by atoms with Crippen LogP contribution >= 0.6 is 0 Å². The molecule has 1 aliphatic heterocycles. The van der Waals surface area contributed by atoms with E-state index in [9.17, 15) is 19.2 Å². The Labute approximate surface area is 340 Å². The highest BCUT2D eigenvalue weighted by Gasteiger charge is 2.43. The molecule has 0 bridgehead atoms. The largest absolute Gasteiger partial charge is 0.379 e. The maximum atomic E-state index is 14.3. The van der Waals surface area contributed by atoms with Crippen molar-refractivity contribution in [2.45, 2.75) is 136 Å². The van der Waals surface area contributed by atoms with Crippen LogP contribution in [-0.2, 0) is 40.0 Å². The molecule has 3 rings (SSSR count). The number of rotatable bonds is 23. The first-order valence-corrected chi connectivity index (χ1v) is 20.5. The van der Waals surface area contributed by atoms with Crippen LogP contribution in [-0.4, -0.2) is 126 Å². The fraction of sp³-hybridized carbons (Fsp3) is 0.714. The van der Waals surface area contributed by atoms with Crippen LogP contribution in [0.25, 0.3) is 0 Å². The van der Waals surface area contributed by atoms with Crippen molar-refractivity contribution >= 4 is 23.6 Å². The Balaban J connectivity index is 1.76. The second-order valence-corrected chi connectivity index (χ2v) is 16.2. The number of methoxy groups -OCH3 is 2. The van der Waals surface area contributed by atoms with Crippen molar-refractivity contribution in [2.75, 3.05) is 34.9 Å². The number of nitrogens with one attached hydrogen (secondary N) is 4. The van der Waals surface area contributed by atoms with E-state index < -0.39 is 48.4 Å². The molecule has 1 aromatic carbocycles. The second kappa shape index (κ2) is 22.9. The van der Waals surface area contributed by atoms with Crippen molar-refractivity contribution in [1.82, 2.24) is 41.2 Å². The maximum absolute atomic E-state index is 14.3. The number of amides is 4. The average molecular weight is 799 g/mol. The number of likely N-dealkylation sites (tertiary alicyclic amines) is 1. The van der Waals surface area contributed by atoms with Crippen LogP contribution in [0, 0.1) is 23.7 Å². The lowest BCUT2D eigenvalue weighted by atomic mass is 9.89. The van der Waals surface area contributed by atoms with Crippen LogP contribution in [0.2, 0.25) is 0 Å². The third kappa shape index (κ3) is 12.5. The Morgan fingerprint density at radius 1 is 0.947 bits per heavy atom. The molecule has 0 radical (unpaired) electrons. The first-order valence-electron chi connectivity index (χ1n) is 20.5. The van der Waals surface area contributed by atoms with Crippen molar-refractivity contribution in [1.29, 1.82) is 0 Å². The summed E-state index contributed by atoms with van der Waals surface area (Å²) in [6.45, 7) is 16.3. The standard InChI is InChI=1S/C42H70N8O7/c1-13-27(6)37(49(10)42(54)36(26(4)5)46-41(53)35(43-9)25(2)3)33(55-11)22-34(51)50-21-17-20-32(50)38(56-12)28(7)40(52)45-29(8)39(30-18-15-14-16-19-30)57-24-31-23-44-48-47-31/h14-16,18-19,23,25-29,32-33,35-39,43H,13,17,20-22,24H2,1-12H3,(H,45,52)(H,46,53)(H,44,47,48)/t27-,28+,29+,32-,33+,35-,36-,37-,38+,39+/m0/s1. The molecular weight excluding hydrogens is 729 g/mol. The summed E-state index contributed by atoms with van der Waals surface area (Å²) in [5.41, 5.74) is 1.55. The SMILES string of the molecule is CC[C@H](C)[C@@H]([C@@H](CC(=O)N1CCC[C@H]1[C@H](OC)[C@@H](C)C(=O)N[C@H](C)[C@@H](OCc1cn[nH]n1)c1ccccc1)OC)N(C)C(=O)[C@@H](NC(=O)[C@@H](NC)C(C)C)C(C)C. The van der Waals surface area contributed by atoms with Crippen LogP contribution < -0.4 is 16.0 Å². The molecule has 10 atom stereocenters. The van der Waals surface area contributed by atoms with Gasteiger partial charge in [0.2, 0.25) is 23.6 Å². The van der Waals surface area contributed by atoms with Gasteiger partial charge >= 0.3 is 0 Å². The van der Waals surface area contributed by atoms with Crippen LogP contribution in [0.5, 0.6) is 0 Å². The predicted octanol–water partition coefficient (Wildman–Crippen LogP) is 3.87. The number of likely N-dealkylation sites (N-methyl/N-ethyl adjacent to an activating group) is 2. The summed E-state index contributed by atoms with van der Waals surface area (Å²) in [5.74, 6) is -1.58.